The molecule has 1 atom stereocenters. The van der Waals surface area contributed by atoms with E-state index >= 15 is 0 Å². The molecule has 0 aliphatic carbocycles. The highest BCUT2D eigenvalue weighted by atomic mass is 35.5. The Morgan fingerprint density at radius 2 is 2.08 bits per heavy atom. The van der Waals surface area contributed by atoms with Gasteiger partial charge in [-0.3, -0.25) is 4.79 Å². The molecule has 0 saturated carbocycles. The highest BCUT2D eigenvalue weighted by Crippen LogP contribution is 2.19. The van der Waals surface area contributed by atoms with Crippen LogP contribution in [-0.4, -0.2) is 25.5 Å². The van der Waals surface area contributed by atoms with Crippen LogP contribution in [0.2, 0.25) is 5.02 Å². The quantitative estimate of drug-likeness (QED) is 0.837. The lowest BCUT2D eigenvalue weighted by Crippen LogP contribution is -3.11. The van der Waals surface area contributed by atoms with Crippen LogP contribution in [0, 0.1) is 5.82 Å². The van der Waals surface area contributed by atoms with E-state index in [1.807, 2.05) is 12.1 Å². The number of halogens is 2. The summed E-state index contributed by atoms with van der Waals surface area (Å²) < 4.78 is 19.3. The van der Waals surface area contributed by atoms with E-state index in [-0.39, 0.29) is 29.0 Å². The monoisotopic (exact) mass is 351 g/mol. The molecular weight excluding hydrogens is 331 g/mol. The molecule has 1 aliphatic heterocycles. The fourth-order valence-electron chi connectivity index (χ4n) is 3.25. The first-order chi connectivity index (χ1) is 11.6. The van der Waals surface area contributed by atoms with Gasteiger partial charge in [0.2, 0.25) is 5.91 Å². The van der Waals surface area contributed by atoms with Gasteiger partial charge in [0.15, 0.2) is 11.8 Å². The van der Waals surface area contributed by atoms with Gasteiger partial charge in [-0.05, 0) is 24.3 Å². The Labute approximate surface area is 145 Å². The zero-order valence-electron chi connectivity index (χ0n) is 13.4. The van der Waals surface area contributed by atoms with E-state index in [2.05, 4.69) is 5.32 Å². The van der Waals surface area contributed by atoms with Crippen molar-refractivity contribution >= 4 is 17.5 Å². The first kappa shape index (κ1) is 17.0. The number of furan rings is 1. The molecule has 1 fully saturated rings. The highest BCUT2D eigenvalue weighted by Gasteiger charge is 2.29. The summed E-state index contributed by atoms with van der Waals surface area (Å²) in [4.78, 5) is 13.6. The van der Waals surface area contributed by atoms with Gasteiger partial charge in [0.1, 0.15) is 5.82 Å². The number of likely N-dealkylation sites (tertiary alicyclic amines) is 1. The third kappa shape index (κ3) is 3.97. The van der Waals surface area contributed by atoms with E-state index in [1.165, 1.54) is 29.9 Å². The molecule has 0 spiro atoms. The van der Waals surface area contributed by atoms with Crippen LogP contribution in [0.3, 0.4) is 0 Å². The molecule has 2 heterocycles. The molecule has 24 heavy (non-hydrogen) atoms. The lowest BCUT2D eigenvalue weighted by molar-refractivity contribution is -0.919. The lowest BCUT2D eigenvalue weighted by Gasteiger charge is -2.23. The number of nitrogens with one attached hydrogen (secondary N) is 2. The molecule has 128 valence electrons. The van der Waals surface area contributed by atoms with Gasteiger partial charge >= 0.3 is 0 Å². The van der Waals surface area contributed by atoms with Crippen LogP contribution in [-0.2, 0) is 11.2 Å². The molecule has 4 nitrogen and oxygen atoms in total. The van der Waals surface area contributed by atoms with Gasteiger partial charge < -0.3 is 14.6 Å². The summed E-state index contributed by atoms with van der Waals surface area (Å²) in [5.41, 5.74) is 0.236. The Morgan fingerprint density at radius 1 is 1.29 bits per heavy atom. The Kier molecular flexibility index (Phi) is 5.53. The van der Waals surface area contributed by atoms with Crippen LogP contribution in [0.5, 0.6) is 0 Å². The SMILES string of the molecule is O=C(Cc1c(F)cccc1Cl)NC[C@H](c1ccco1)[NH+]1CCCC1. The van der Waals surface area contributed by atoms with Crippen molar-refractivity contribution in [2.24, 2.45) is 0 Å². The Balaban J connectivity index is 1.63. The largest absolute Gasteiger partial charge is 0.463 e. The topological polar surface area (TPSA) is 46.7 Å². The van der Waals surface area contributed by atoms with Crippen molar-refractivity contribution in [3.8, 4) is 0 Å². The second-order valence-electron chi connectivity index (χ2n) is 6.11. The summed E-state index contributed by atoms with van der Waals surface area (Å²) in [6.45, 7) is 2.61. The number of amides is 1. The molecule has 1 saturated heterocycles. The van der Waals surface area contributed by atoms with E-state index in [0.29, 0.717) is 6.54 Å². The van der Waals surface area contributed by atoms with E-state index in [9.17, 15) is 9.18 Å². The maximum Gasteiger partial charge on any atom is 0.224 e. The third-order valence-electron chi connectivity index (χ3n) is 4.53. The minimum absolute atomic E-state index is 0.0638. The summed E-state index contributed by atoms with van der Waals surface area (Å²) >= 11 is 5.98. The van der Waals surface area contributed by atoms with E-state index in [1.54, 1.807) is 12.3 Å². The zero-order chi connectivity index (χ0) is 16.9. The molecule has 0 bridgehead atoms. The van der Waals surface area contributed by atoms with Gasteiger partial charge in [0, 0.05) is 23.4 Å². The maximum atomic E-state index is 13.8. The summed E-state index contributed by atoms with van der Waals surface area (Å²) in [6, 6.07) is 8.32. The number of rotatable bonds is 6. The van der Waals surface area contributed by atoms with Crippen molar-refractivity contribution in [2.75, 3.05) is 19.6 Å². The first-order valence-corrected chi connectivity index (χ1v) is 8.60. The maximum absolute atomic E-state index is 13.8. The standard InChI is InChI=1S/C18H20ClFN2O2/c19-14-5-3-6-15(20)13(14)11-18(23)21-12-16(17-7-4-10-24-17)22-8-1-2-9-22/h3-7,10,16H,1-2,8-9,11-12H2,(H,21,23)/p+1/t16-/m1/s1. The van der Waals surface area contributed by atoms with Crippen LogP contribution in [0.1, 0.15) is 30.2 Å². The van der Waals surface area contributed by atoms with Gasteiger partial charge in [-0.2, -0.15) is 0 Å². The molecule has 1 aliphatic rings. The number of quaternary nitrogens is 1. The minimum atomic E-state index is -0.453. The minimum Gasteiger partial charge on any atom is -0.463 e. The molecule has 0 radical (unpaired) electrons. The molecule has 2 aromatic rings. The second-order valence-corrected chi connectivity index (χ2v) is 6.52. The smallest absolute Gasteiger partial charge is 0.224 e. The third-order valence-corrected chi connectivity index (χ3v) is 4.88. The van der Waals surface area contributed by atoms with E-state index in [0.717, 1.165) is 18.8 Å². The molecule has 1 amide bonds. The number of hydrogen-bond donors (Lipinski definition) is 2. The van der Waals surface area contributed by atoms with Crippen molar-refractivity contribution in [1.29, 1.82) is 0 Å². The predicted octanol–water partition coefficient (Wildman–Crippen LogP) is 2.15. The van der Waals surface area contributed by atoms with E-state index in [4.69, 9.17) is 16.0 Å². The lowest BCUT2D eigenvalue weighted by atomic mass is 10.1. The van der Waals surface area contributed by atoms with Gasteiger partial charge in [0.05, 0.1) is 32.3 Å². The molecule has 1 aromatic carbocycles. The zero-order valence-corrected chi connectivity index (χ0v) is 14.1. The van der Waals surface area contributed by atoms with Gasteiger partial charge in [0.25, 0.3) is 0 Å². The summed E-state index contributed by atoms with van der Waals surface area (Å²) in [6.07, 6.45) is 3.96. The molecule has 1 aromatic heterocycles. The molecule has 6 heteroatoms. The highest BCUT2D eigenvalue weighted by molar-refractivity contribution is 6.31. The Hall–Kier alpha value is -1.85. The molecular formula is C18H21ClFN2O2+. The summed E-state index contributed by atoms with van der Waals surface area (Å²) in [5.74, 6) is 0.179. The Morgan fingerprint density at radius 3 is 2.75 bits per heavy atom. The van der Waals surface area contributed by atoms with Gasteiger partial charge in [-0.25, -0.2) is 4.39 Å². The van der Waals surface area contributed by atoms with Crippen LogP contribution in [0.25, 0.3) is 0 Å². The number of carbonyl (C=O) groups excluding carboxylic acids is 1. The number of hydrogen-bond acceptors (Lipinski definition) is 2. The van der Waals surface area contributed by atoms with E-state index < -0.39 is 5.82 Å². The van der Waals surface area contributed by atoms with Crippen LogP contribution < -0.4 is 10.2 Å². The average molecular weight is 352 g/mol. The fourth-order valence-corrected chi connectivity index (χ4v) is 3.48. The first-order valence-electron chi connectivity index (χ1n) is 8.22. The van der Waals surface area contributed by atoms with Gasteiger partial charge in [-0.15, -0.1) is 0 Å². The van der Waals surface area contributed by atoms with Crippen molar-refractivity contribution in [2.45, 2.75) is 25.3 Å². The van der Waals surface area contributed by atoms with Crippen LogP contribution in [0.15, 0.2) is 41.0 Å². The molecule has 0 unspecified atom stereocenters. The average Bonchev–Trinajstić information content (AvgIpc) is 3.25. The van der Waals surface area contributed by atoms with Crippen molar-refractivity contribution < 1.29 is 18.5 Å². The van der Waals surface area contributed by atoms with Crippen LogP contribution in [0.4, 0.5) is 4.39 Å². The molecule has 2 N–H and O–H groups in total. The van der Waals surface area contributed by atoms with Crippen molar-refractivity contribution in [3.63, 3.8) is 0 Å². The summed E-state index contributed by atoms with van der Waals surface area (Å²) in [7, 11) is 0. The van der Waals surface area contributed by atoms with Gasteiger partial charge in [-0.1, -0.05) is 17.7 Å². The predicted molar refractivity (Wildman–Crippen MR) is 89.5 cm³/mol. The second kappa shape index (κ2) is 7.81. The Bertz CT molecular complexity index is 664. The number of carbonyl (C=O) groups is 1. The van der Waals surface area contributed by atoms with Crippen LogP contribution >= 0.6 is 11.6 Å². The fraction of sp³-hybridized carbons (Fsp3) is 0.389. The van der Waals surface area contributed by atoms with Crippen molar-refractivity contribution in [3.05, 3.63) is 58.8 Å². The normalized spacial score (nSPS) is 16.2. The number of benzene rings is 1. The molecule has 3 rings (SSSR count). The summed E-state index contributed by atoms with van der Waals surface area (Å²) in [5, 5.41) is 3.18. The van der Waals surface area contributed by atoms with Crippen molar-refractivity contribution in [1.82, 2.24) is 5.32 Å².